The molecule has 114 valence electrons. The first-order chi connectivity index (χ1) is 10.1. The maximum Gasteiger partial charge on any atom is 0.159 e. The lowest BCUT2D eigenvalue weighted by molar-refractivity contribution is 0.554. The van der Waals surface area contributed by atoms with Crippen molar-refractivity contribution in [3.05, 3.63) is 23.0 Å². The molecule has 0 spiro atoms. The molecular weight excluding hydrogens is 284 g/mol. The van der Waals surface area contributed by atoms with Gasteiger partial charge in [-0.2, -0.15) is 9.61 Å². The largest absolute Gasteiger partial charge is 0.367 e. The molecule has 3 rings (SSSR count). The summed E-state index contributed by atoms with van der Waals surface area (Å²) in [5, 5.41) is 8.70. The van der Waals surface area contributed by atoms with Gasteiger partial charge in [0.1, 0.15) is 11.0 Å². The molecule has 1 saturated carbocycles. The molecule has 1 aliphatic carbocycles. The van der Waals surface area contributed by atoms with Gasteiger partial charge in [-0.1, -0.05) is 38.3 Å². The molecule has 0 amide bonds. The number of nitrogens with one attached hydrogen (secondary N) is 1. The zero-order valence-corrected chi connectivity index (χ0v) is 13.7. The van der Waals surface area contributed by atoms with Gasteiger partial charge < -0.3 is 5.32 Å². The van der Waals surface area contributed by atoms with E-state index in [1.165, 1.54) is 25.7 Å². The summed E-state index contributed by atoms with van der Waals surface area (Å²) < 4.78 is 1.90. The molecule has 0 aliphatic heterocycles. The average molecular weight is 307 g/mol. The van der Waals surface area contributed by atoms with Crippen LogP contribution in [0, 0.1) is 5.92 Å². The second kappa shape index (κ2) is 5.84. The highest BCUT2D eigenvalue weighted by Crippen LogP contribution is 2.41. The minimum Gasteiger partial charge on any atom is -0.367 e. The van der Waals surface area contributed by atoms with Crippen LogP contribution in [-0.4, -0.2) is 20.6 Å². The number of aromatic nitrogens is 3. The van der Waals surface area contributed by atoms with Crippen molar-refractivity contribution in [1.82, 2.24) is 14.6 Å². The average Bonchev–Trinajstić information content (AvgIpc) is 3.08. The molecule has 0 bridgehead atoms. The van der Waals surface area contributed by atoms with Crippen LogP contribution in [0.5, 0.6) is 0 Å². The summed E-state index contributed by atoms with van der Waals surface area (Å²) in [5.74, 6) is 2.07. The zero-order valence-electron chi connectivity index (χ0n) is 12.9. The Labute approximate surface area is 130 Å². The van der Waals surface area contributed by atoms with Crippen LogP contribution in [0.3, 0.4) is 0 Å². The standard InChI is InChI=1S/C16H23ClN4/c1-10(2)11(3)19-16-14(12-6-4-5-7-12)15(17)20-13-8-9-18-21(13)16/h8-12,19H,4-7H2,1-3H3/t11-/m1/s1. The Morgan fingerprint density at radius 3 is 2.67 bits per heavy atom. The second-order valence-corrected chi connectivity index (χ2v) is 6.78. The van der Waals surface area contributed by atoms with E-state index in [1.807, 2.05) is 10.6 Å². The summed E-state index contributed by atoms with van der Waals surface area (Å²) in [6, 6.07) is 2.26. The molecule has 2 heterocycles. The maximum atomic E-state index is 6.52. The Morgan fingerprint density at radius 1 is 1.29 bits per heavy atom. The van der Waals surface area contributed by atoms with Crippen LogP contribution in [0.4, 0.5) is 5.82 Å². The molecule has 2 aromatic rings. The minimum absolute atomic E-state index is 0.357. The van der Waals surface area contributed by atoms with E-state index < -0.39 is 0 Å². The minimum atomic E-state index is 0.357. The van der Waals surface area contributed by atoms with E-state index >= 15 is 0 Å². The van der Waals surface area contributed by atoms with Crippen LogP contribution in [-0.2, 0) is 0 Å². The van der Waals surface area contributed by atoms with Gasteiger partial charge >= 0.3 is 0 Å². The molecule has 0 radical (unpaired) electrons. The zero-order chi connectivity index (χ0) is 15.0. The van der Waals surface area contributed by atoms with E-state index in [1.54, 1.807) is 6.20 Å². The number of nitrogens with zero attached hydrogens (tertiary/aromatic N) is 3. The molecule has 1 N–H and O–H groups in total. The molecule has 2 aromatic heterocycles. The number of rotatable bonds is 4. The maximum absolute atomic E-state index is 6.52. The Kier molecular flexibility index (Phi) is 4.07. The van der Waals surface area contributed by atoms with Crippen molar-refractivity contribution in [1.29, 1.82) is 0 Å². The number of hydrogen-bond acceptors (Lipinski definition) is 3. The van der Waals surface area contributed by atoms with Crippen molar-refractivity contribution in [2.45, 2.75) is 58.4 Å². The Bertz CT molecular complexity index is 628. The van der Waals surface area contributed by atoms with E-state index in [-0.39, 0.29) is 0 Å². The fourth-order valence-electron chi connectivity index (χ4n) is 3.02. The first-order valence-electron chi connectivity index (χ1n) is 7.87. The molecular formula is C16H23ClN4. The predicted octanol–water partition coefficient (Wildman–Crippen LogP) is 4.50. The fourth-order valence-corrected chi connectivity index (χ4v) is 3.35. The van der Waals surface area contributed by atoms with Crippen molar-refractivity contribution >= 4 is 23.1 Å². The lowest BCUT2D eigenvalue weighted by atomic mass is 9.98. The quantitative estimate of drug-likeness (QED) is 0.846. The van der Waals surface area contributed by atoms with Crippen molar-refractivity contribution in [3.8, 4) is 0 Å². The third-order valence-corrected chi connectivity index (χ3v) is 4.94. The van der Waals surface area contributed by atoms with Crippen molar-refractivity contribution < 1.29 is 0 Å². The predicted molar refractivity (Wildman–Crippen MR) is 87.1 cm³/mol. The van der Waals surface area contributed by atoms with E-state index in [0.717, 1.165) is 17.0 Å². The Hall–Kier alpha value is -1.29. The van der Waals surface area contributed by atoms with Gasteiger partial charge in [0.15, 0.2) is 5.65 Å². The van der Waals surface area contributed by atoms with Crippen LogP contribution < -0.4 is 5.32 Å². The molecule has 0 aromatic carbocycles. The van der Waals surface area contributed by atoms with Crippen LogP contribution in [0.2, 0.25) is 5.15 Å². The second-order valence-electron chi connectivity index (χ2n) is 6.42. The molecule has 21 heavy (non-hydrogen) atoms. The van der Waals surface area contributed by atoms with Gasteiger partial charge in [-0.3, -0.25) is 0 Å². The number of hydrogen-bond donors (Lipinski definition) is 1. The third kappa shape index (κ3) is 2.73. The summed E-state index contributed by atoms with van der Waals surface area (Å²) in [5.41, 5.74) is 1.96. The summed E-state index contributed by atoms with van der Waals surface area (Å²) in [7, 11) is 0. The number of halogens is 1. The van der Waals surface area contributed by atoms with Gasteiger partial charge in [-0.05, 0) is 31.6 Å². The van der Waals surface area contributed by atoms with E-state index in [9.17, 15) is 0 Å². The van der Waals surface area contributed by atoms with Crippen LogP contribution in [0.15, 0.2) is 12.3 Å². The van der Waals surface area contributed by atoms with Crippen LogP contribution in [0.25, 0.3) is 5.65 Å². The van der Waals surface area contributed by atoms with E-state index in [0.29, 0.717) is 23.0 Å². The van der Waals surface area contributed by atoms with Crippen molar-refractivity contribution in [3.63, 3.8) is 0 Å². The van der Waals surface area contributed by atoms with Gasteiger partial charge in [0, 0.05) is 17.7 Å². The topological polar surface area (TPSA) is 42.2 Å². The summed E-state index contributed by atoms with van der Waals surface area (Å²) in [6.45, 7) is 6.64. The number of fused-ring (bicyclic) bond motifs is 1. The van der Waals surface area contributed by atoms with Gasteiger partial charge in [0.2, 0.25) is 0 Å². The molecule has 4 nitrogen and oxygen atoms in total. The first-order valence-corrected chi connectivity index (χ1v) is 8.25. The lowest BCUT2D eigenvalue weighted by Crippen LogP contribution is -2.25. The van der Waals surface area contributed by atoms with Crippen LogP contribution >= 0.6 is 11.6 Å². The summed E-state index contributed by atoms with van der Waals surface area (Å²) in [4.78, 5) is 4.52. The van der Waals surface area contributed by atoms with Gasteiger partial charge in [-0.15, -0.1) is 0 Å². The van der Waals surface area contributed by atoms with E-state index in [4.69, 9.17) is 11.6 Å². The molecule has 0 saturated heterocycles. The molecule has 0 unspecified atom stereocenters. The highest BCUT2D eigenvalue weighted by Gasteiger charge is 2.26. The van der Waals surface area contributed by atoms with Gasteiger partial charge in [0.25, 0.3) is 0 Å². The summed E-state index contributed by atoms with van der Waals surface area (Å²) in [6.07, 6.45) is 6.72. The molecule has 1 fully saturated rings. The van der Waals surface area contributed by atoms with Crippen molar-refractivity contribution in [2.24, 2.45) is 5.92 Å². The van der Waals surface area contributed by atoms with Crippen molar-refractivity contribution in [2.75, 3.05) is 5.32 Å². The fraction of sp³-hybridized carbons (Fsp3) is 0.625. The lowest BCUT2D eigenvalue weighted by Gasteiger charge is -2.24. The molecule has 1 aliphatic rings. The number of anilines is 1. The van der Waals surface area contributed by atoms with Gasteiger partial charge in [-0.25, -0.2) is 4.98 Å². The van der Waals surface area contributed by atoms with Crippen LogP contribution in [0.1, 0.15) is 57.9 Å². The highest BCUT2D eigenvalue weighted by molar-refractivity contribution is 6.30. The third-order valence-electron chi connectivity index (χ3n) is 4.65. The first kappa shape index (κ1) is 14.6. The molecule has 1 atom stereocenters. The van der Waals surface area contributed by atoms with E-state index in [2.05, 4.69) is 36.2 Å². The summed E-state index contributed by atoms with van der Waals surface area (Å²) >= 11 is 6.52. The highest BCUT2D eigenvalue weighted by atomic mass is 35.5. The Morgan fingerprint density at radius 2 is 2.00 bits per heavy atom. The Balaban J connectivity index is 2.11. The SMILES string of the molecule is CC(C)[C@@H](C)Nc1c(C2CCCC2)c(Cl)nc2ccnn12. The smallest absolute Gasteiger partial charge is 0.159 e. The monoisotopic (exact) mass is 306 g/mol. The normalized spacial score (nSPS) is 17.8. The van der Waals surface area contributed by atoms with Gasteiger partial charge in [0.05, 0.1) is 6.20 Å². The molecule has 5 heteroatoms.